The molecule has 0 heterocycles. The van der Waals surface area contributed by atoms with Gasteiger partial charge in [-0.25, -0.2) is 0 Å². The number of amides is 1. The molecular formula is C27H39NO2. The number of rotatable bonds is 3. The monoisotopic (exact) mass is 409 g/mol. The summed E-state index contributed by atoms with van der Waals surface area (Å²) in [6.45, 7) is 6.77. The van der Waals surface area contributed by atoms with Gasteiger partial charge in [-0.2, -0.15) is 0 Å². The lowest BCUT2D eigenvalue weighted by Crippen LogP contribution is -2.51. The van der Waals surface area contributed by atoms with Gasteiger partial charge in [0.05, 0.1) is 6.10 Å². The molecular weight excluding hydrogens is 370 g/mol. The number of anilines is 1. The minimum Gasteiger partial charge on any atom is -0.490 e. The maximum atomic E-state index is 11.2. The number of benzene rings is 1. The molecule has 1 N–H and O–H groups in total. The molecule has 4 aliphatic carbocycles. The van der Waals surface area contributed by atoms with Gasteiger partial charge in [-0.1, -0.05) is 26.7 Å². The Hall–Kier alpha value is -1.51. The highest BCUT2D eigenvalue weighted by molar-refractivity contribution is 5.88. The summed E-state index contributed by atoms with van der Waals surface area (Å²) in [6, 6.07) is 7.91. The Kier molecular flexibility index (Phi) is 5.14. The molecule has 1 aromatic carbocycles. The van der Waals surface area contributed by atoms with Crippen molar-refractivity contribution in [2.24, 2.45) is 34.5 Å². The van der Waals surface area contributed by atoms with Crippen LogP contribution in [0.4, 0.5) is 5.69 Å². The van der Waals surface area contributed by atoms with Crippen LogP contribution in [0.3, 0.4) is 0 Å². The first kappa shape index (κ1) is 20.4. The van der Waals surface area contributed by atoms with E-state index in [0.717, 1.165) is 35.1 Å². The van der Waals surface area contributed by atoms with Crippen LogP contribution >= 0.6 is 0 Å². The van der Waals surface area contributed by atoms with E-state index in [9.17, 15) is 4.79 Å². The number of carbonyl (C=O) groups excluding carboxylic acids is 1. The quantitative estimate of drug-likeness (QED) is 0.594. The summed E-state index contributed by atoms with van der Waals surface area (Å²) in [7, 11) is 0. The fraction of sp³-hybridized carbons (Fsp3) is 0.741. The van der Waals surface area contributed by atoms with Gasteiger partial charge in [-0.3, -0.25) is 4.79 Å². The van der Waals surface area contributed by atoms with Gasteiger partial charge in [0.1, 0.15) is 5.75 Å². The highest BCUT2D eigenvalue weighted by Crippen LogP contribution is 2.66. The van der Waals surface area contributed by atoms with Gasteiger partial charge in [-0.05, 0) is 110 Å². The molecule has 164 valence electrons. The molecule has 1 aromatic rings. The van der Waals surface area contributed by atoms with Crippen molar-refractivity contribution in [2.45, 2.75) is 91.1 Å². The second kappa shape index (κ2) is 7.57. The van der Waals surface area contributed by atoms with Crippen LogP contribution in [0.1, 0.15) is 85.0 Å². The Morgan fingerprint density at radius 2 is 1.80 bits per heavy atom. The van der Waals surface area contributed by atoms with Crippen LogP contribution in [0, 0.1) is 34.5 Å². The molecule has 0 saturated heterocycles. The minimum absolute atomic E-state index is 0.0348. The van der Waals surface area contributed by atoms with Crippen molar-refractivity contribution in [3.63, 3.8) is 0 Å². The molecule has 7 atom stereocenters. The molecule has 30 heavy (non-hydrogen) atoms. The van der Waals surface area contributed by atoms with Crippen molar-refractivity contribution < 1.29 is 9.53 Å². The van der Waals surface area contributed by atoms with Crippen molar-refractivity contribution in [3.05, 3.63) is 24.3 Å². The fourth-order valence-corrected chi connectivity index (χ4v) is 8.39. The summed E-state index contributed by atoms with van der Waals surface area (Å²) in [4.78, 5) is 11.2. The molecule has 1 amide bonds. The van der Waals surface area contributed by atoms with Crippen LogP contribution in [0.25, 0.3) is 0 Å². The first-order chi connectivity index (χ1) is 14.4. The average molecular weight is 410 g/mol. The third-order valence-corrected chi connectivity index (χ3v) is 9.79. The summed E-state index contributed by atoms with van der Waals surface area (Å²) in [5, 5.41) is 2.84. The van der Waals surface area contributed by atoms with E-state index in [1.807, 2.05) is 24.3 Å². The van der Waals surface area contributed by atoms with E-state index in [0.29, 0.717) is 16.9 Å². The minimum atomic E-state index is -0.0348. The van der Waals surface area contributed by atoms with Crippen molar-refractivity contribution in [2.75, 3.05) is 5.32 Å². The summed E-state index contributed by atoms with van der Waals surface area (Å²) in [5.74, 6) is 4.60. The largest absolute Gasteiger partial charge is 0.490 e. The van der Waals surface area contributed by atoms with Crippen molar-refractivity contribution in [3.8, 4) is 5.75 Å². The van der Waals surface area contributed by atoms with Gasteiger partial charge in [0.25, 0.3) is 0 Å². The number of hydrogen-bond donors (Lipinski definition) is 1. The van der Waals surface area contributed by atoms with Gasteiger partial charge in [0.15, 0.2) is 0 Å². The Balaban J connectivity index is 1.29. The Morgan fingerprint density at radius 3 is 2.57 bits per heavy atom. The smallest absolute Gasteiger partial charge is 0.221 e. The lowest BCUT2D eigenvalue weighted by molar-refractivity contribution is -0.114. The predicted octanol–water partition coefficient (Wildman–Crippen LogP) is 6.83. The Labute approximate surface area is 182 Å². The zero-order valence-corrected chi connectivity index (χ0v) is 19.1. The SMILES string of the molecule is CC(=O)Nc1ccc(O[C@H]2C[C@H]3[C@@H]4CC[C@H]5CCCC[C@]5(C)[C@H]4CC[C@]3(C)C2)cc1. The average Bonchev–Trinajstić information content (AvgIpc) is 3.04. The molecule has 0 spiro atoms. The molecule has 0 radical (unpaired) electrons. The highest BCUT2D eigenvalue weighted by atomic mass is 16.5. The molecule has 0 aliphatic heterocycles. The summed E-state index contributed by atoms with van der Waals surface area (Å²) >= 11 is 0. The molecule has 4 saturated carbocycles. The van der Waals surface area contributed by atoms with Crippen molar-refractivity contribution in [1.82, 2.24) is 0 Å². The van der Waals surface area contributed by atoms with Crippen LogP contribution < -0.4 is 10.1 Å². The van der Waals surface area contributed by atoms with Gasteiger partial charge in [0, 0.05) is 12.6 Å². The normalized spacial score (nSPS) is 42.6. The number of nitrogens with one attached hydrogen (secondary N) is 1. The predicted molar refractivity (Wildman–Crippen MR) is 122 cm³/mol. The maximum absolute atomic E-state index is 11.2. The zero-order chi connectivity index (χ0) is 20.9. The van der Waals surface area contributed by atoms with Crippen LogP contribution in [0.2, 0.25) is 0 Å². The van der Waals surface area contributed by atoms with Gasteiger partial charge in [-0.15, -0.1) is 0 Å². The second-order valence-corrected chi connectivity index (χ2v) is 11.5. The first-order valence-corrected chi connectivity index (χ1v) is 12.4. The number of fused-ring (bicyclic) bond motifs is 5. The lowest BCUT2D eigenvalue weighted by atomic mass is 9.45. The highest BCUT2D eigenvalue weighted by Gasteiger charge is 2.58. The van der Waals surface area contributed by atoms with Crippen LogP contribution in [0.5, 0.6) is 5.75 Å². The van der Waals surface area contributed by atoms with E-state index in [1.165, 1.54) is 64.2 Å². The molecule has 5 rings (SSSR count). The summed E-state index contributed by atoms with van der Waals surface area (Å²) in [6.07, 6.45) is 14.4. The van der Waals surface area contributed by atoms with Crippen LogP contribution in [-0.4, -0.2) is 12.0 Å². The molecule has 0 aromatic heterocycles. The third kappa shape index (κ3) is 3.46. The second-order valence-electron chi connectivity index (χ2n) is 11.5. The maximum Gasteiger partial charge on any atom is 0.221 e. The molecule has 4 fully saturated rings. The first-order valence-electron chi connectivity index (χ1n) is 12.4. The third-order valence-electron chi connectivity index (χ3n) is 9.79. The van der Waals surface area contributed by atoms with E-state index < -0.39 is 0 Å². The fourth-order valence-electron chi connectivity index (χ4n) is 8.39. The standard InChI is InChI=1S/C27H39NO2/c1-18(29)28-20-8-10-21(11-9-20)30-22-16-25-23-12-7-19-6-4-5-14-27(19,3)24(23)13-15-26(25,2)17-22/h8-11,19,22-25H,4-7,12-17H2,1-3H3,(H,28,29)/t19-,22+,23-,24+,25+,26-,27+/m1/s1. The van der Waals surface area contributed by atoms with E-state index in [4.69, 9.17) is 4.74 Å². The number of carbonyl (C=O) groups is 1. The topological polar surface area (TPSA) is 38.3 Å². The molecule has 0 unspecified atom stereocenters. The Morgan fingerprint density at radius 1 is 1.00 bits per heavy atom. The van der Waals surface area contributed by atoms with Crippen LogP contribution in [0.15, 0.2) is 24.3 Å². The van der Waals surface area contributed by atoms with Crippen molar-refractivity contribution >= 4 is 11.6 Å². The molecule has 4 aliphatic rings. The van der Waals surface area contributed by atoms with Crippen molar-refractivity contribution in [1.29, 1.82) is 0 Å². The Bertz CT molecular complexity index is 789. The van der Waals surface area contributed by atoms with E-state index in [1.54, 1.807) is 6.92 Å². The lowest BCUT2D eigenvalue weighted by Gasteiger charge is -2.59. The zero-order valence-electron chi connectivity index (χ0n) is 19.1. The molecule has 0 bridgehead atoms. The van der Waals surface area contributed by atoms with E-state index >= 15 is 0 Å². The number of hydrogen-bond acceptors (Lipinski definition) is 2. The molecule has 3 nitrogen and oxygen atoms in total. The summed E-state index contributed by atoms with van der Waals surface area (Å²) < 4.78 is 6.49. The van der Waals surface area contributed by atoms with Crippen LogP contribution in [-0.2, 0) is 4.79 Å². The van der Waals surface area contributed by atoms with Gasteiger partial charge < -0.3 is 10.1 Å². The molecule has 3 heteroatoms. The summed E-state index contributed by atoms with van der Waals surface area (Å²) in [5.41, 5.74) is 1.91. The number of ether oxygens (including phenoxy) is 1. The van der Waals surface area contributed by atoms with Gasteiger partial charge >= 0.3 is 0 Å². The van der Waals surface area contributed by atoms with E-state index in [2.05, 4.69) is 19.2 Å². The van der Waals surface area contributed by atoms with Gasteiger partial charge in [0.2, 0.25) is 5.91 Å². The van der Waals surface area contributed by atoms with E-state index in [-0.39, 0.29) is 5.91 Å².